The van der Waals surface area contributed by atoms with Gasteiger partial charge in [-0.25, -0.2) is 13.1 Å². The summed E-state index contributed by atoms with van der Waals surface area (Å²) in [5, 5.41) is 13.9. The van der Waals surface area contributed by atoms with Crippen LogP contribution in [-0.4, -0.2) is 62.4 Å². The third-order valence-electron chi connectivity index (χ3n) is 11.4. The van der Waals surface area contributed by atoms with E-state index in [-0.39, 0.29) is 41.2 Å². The van der Waals surface area contributed by atoms with Gasteiger partial charge in [-0.15, -0.1) is 0 Å². The number of nitrogens with one attached hydrogen (secondary N) is 2. The monoisotopic (exact) mass is 671 g/mol. The molecular formula is C35H46ClN3O6S. The quantitative estimate of drug-likeness (QED) is 0.412. The van der Waals surface area contributed by atoms with Crippen LogP contribution in [0.1, 0.15) is 87.2 Å². The summed E-state index contributed by atoms with van der Waals surface area (Å²) in [6, 6.07) is 11.3. The Labute approximate surface area is 277 Å². The van der Waals surface area contributed by atoms with E-state index < -0.39 is 26.7 Å². The molecule has 46 heavy (non-hydrogen) atoms. The SMILES string of the molecule is CC(=O)N[C@@]1(CO)CCC[C@H](C)[C@@H](C)S(=O)(=O)NC(=O)c2ccc3c(c2)N(C[C@@H]2CC[C@H]21)C[C@@]1(CCCc2cc(Cl)ccc21)CO3. The van der Waals surface area contributed by atoms with Crippen LogP contribution >= 0.6 is 11.6 Å². The normalized spacial score (nSPS) is 32.5. The highest BCUT2D eigenvalue weighted by Crippen LogP contribution is 2.49. The van der Waals surface area contributed by atoms with Crippen LogP contribution in [0.2, 0.25) is 5.02 Å². The lowest BCUT2D eigenvalue weighted by Gasteiger charge is -2.52. The fraction of sp³-hybridized carbons (Fsp3) is 0.600. The molecule has 6 atom stereocenters. The van der Waals surface area contributed by atoms with Gasteiger partial charge >= 0.3 is 0 Å². The highest BCUT2D eigenvalue weighted by atomic mass is 35.5. The van der Waals surface area contributed by atoms with E-state index in [2.05, 4.69) is 27.1 Å². The lowest BCUT2D eigenvalue weighted by Crippen LogP contribution is -2.62. The minimum atomic E-state index is -3.97. The van der Waals surface area contributed by atoms with Gasteiger partial charge in [0.15, 0.2) is 0 Å². The molecule has 2 amide bonds. The van der Waals surface area contributed by atoms with Crippen LogP contribution < -0.4 is 19.7 Å². The average Bonchev–Trinajstić information content (AvgIpc) is 3.14. The zero-order valence-electron chi connectivity index (χ0n) is 27.0. The van der Waals surface area contributed by atoms with E-state index in [1.807, 2.05) is 13.0 Å². The molecular weight excluding hydrogens is 626 g/mol. The summed E-state index contributed by atoms with van der Waals surface area (Å²) in [5.41, 5.74) is 2.33. The Morgan fingerprint density at radius 1 is 1.13 bits per heavy atom. The van der Waals surface area contributed by atoms with E-state index in [1.165, 1.54) is 18.1 Å². The van der Waals surface area contributed by atoms with Crippen LogP contribution in [0.5, 0.6) is 5.75 Å². The van der Waals surface area contributed by atoms with Gasteiger partial charge in [0.1, 0.15) is 5.75 Å². The summed E-state index contributed by atoms with van der Waals surface area (Å²) in [6.07, 6.45) is 6.42. The number of amides is 2. The molecule has 0 aromatic heterocycles. The van der Waals surface area contributed by atoms with Crippen molar-refractivity contribution in [1.29, 1.82) is 0 Å². The number of aliphatic hydroxyl groups excluding tert-OH is 1. The Hall–Kier alpha value is -2.82. The smallest absolute Gasteiger partial charge is 0.264 e. The third-order valence-corrected chi connectivity index (χ3v) is 13.5. The van der Waals surface area contributed by atoms with Crippen LogP contribution in [0.4, 0.5) is 5.69 Å². The van der Waals surface area contributed by atoms with Gasteiger partial charge in [0.05, 0.1) is 29.7 Å². The molecule has 2 aliphatic heterocycles. The van der Waals surface area contributed by atoms with Crippen molar-refractivity contribution in [1.82, 2.24) is 10.0 Å². The number of nitrogens with zero attached hydrogens (tertiary/aromatic N) is 1. The van der Waals surface area contributed by atoms with Gasteiger partial charge in [0.2, 0.25) is 15.9 Å². The molecule has 0 saturated heterocycles. The lowest BCUT2D eigenvalue weighted by atomic mass is 9.61. The molecule has 1 spiro atoms. The molecule has 0 radical (unpaired) electrons. The second-order valence-corrected chi connectivity index (χ2v) is 16.8. The van der Waals surface area contributed by atoms with Crippen molar-refractivity contribution in [2.75, 3.05) is 31.2 Å². The van der Waals surface area contributed by atoms with Crippen molar-refractivity contribution in [3.05, 3.63) is 58.1 Å². The Balaban J connectivity index is 1.45. The molecule has 9 nitrogen and oxygen atoms in total. The standard InChI is InChI=1S/C35H46ClN3O6S/c1-22-6-4-15-35(20-40,37-24(3)41)30-11-8-27(30)18-39-19-34(14-5-7-25-16-28(36)10-12-29(25)34)21-45-32-13-9-26(17-31(32)39)33(42)38-46(43,44)23(22)2/h9-10,12-13,16-17,22-23,27,30,40H,4-8,11,14-15,18-21H2,1-3H3,(H,37,41)(H,38,42)/t22-,23+,27-,30+,34-,35+/m0/s1. The lowest BCUT2D eigenvalue weighted by molar-refractivity contribution is -0.124. The Morgan fingerprint density at radius 3 is 2.65 bits per heavy atom. The highest BCUT2D eigenvalue weighted by Gasteiger charge is 2.50. The van der Waals surface area contributed by atoms with Crippen molar-refractivity contribution in [2.24, 2.45) is 17.8 Å². The minimum absolute atomic E-state index is 0.0401. The van der Waals surface area contributed by atoms with Gasteiger partial charge in [-0.3, -0.25) is 9.59 Å². The number of halogens is 1. The summed E-state index contributed by atoms with van der Waals surface area (Å²) >= 11 is 6.42. The second kappa shape index (κ2) is 12.7. The number of hydrogen-bond acceptors (Lipinski definition) is 7. The Bertz CT molecular complexity index is 1620. The van der Waals surface area contributed by atoms with Gasteiger partial charge in [0, 0.05) is 36.0 Å². The zero-order chi connectivity index (χ0) is 32.9. The molecule has 2 bridgehead atoms. The topological polar surface area (TPSA) is 125 Å². The maximum atomic E-state index is 13.5. The van der Waals surface area contributed by atoms with E-state index >= 15 is 0 Å². The summed E-state index contributed by atoms with van der Waals surface area (Å²) in [4.78, 5) is 28.3. The molecule has 2 aromatic carbocycles. The number of carbonyl (C=O) groups is 2. The van der Waals surface area contributed by atoms with Crippen LogP contribution in [0.3, 0.4) is 0 Å². The number of ether oxygens (including phenoxy) is 1. The first-order valence-electron chi connectivity index (χ1n) is 16.6. The van der Waals surface area contributed by atoms with Gasteiger partial charge in [-0.2, -0.15) is 0 Å². The minimum Gasteiger partial charge on any atom is -0.490 e. The number of sulfonamides is 1. The molecule has 11 heteroatoms. The van der Waals surface area contributed by atoms with E-state index in [0.717, 1.165) is 37.8 Å². The number of hydrogen-bond donors (Lipinski definition) is 3. The number of benzene rings is 2. The fourth-order valence-corrected chi connectivity index (χ4v) is 10.0. The number of aliphatic hydroxyl groups is 1. The molecule has 1 saturated carbocycles. The van der Waals surface area contributed by atoms with Gasteiger partial charge < -0.3 is 20.1 Å². The number of carbonyl (C=O) groups excluding carboxylic acids is 2. The summed E-state index contributed by atoms with van der Waals surface area (Å²) in [6.45, 7) is 6.54. The number of anilines is 1. The van der Waals surface area contributed by atoms with Gasteiger partial charge in [-0.1, -0.05) is 31.0 Å². The van der Waals surface area contributed by atoms with Crippen LogP contribution in [0.15, 0.2) is 36.4 Å². The Morgan fingerprint density at radius 2 is 1.93 bits per heavy atom. The van der Waals surface area contributed by atoms with Crippen LogP contribution in [-0.2, 0) is 26.7 Å². The molecule has 1 fully saturated rings. The highest BCUT2D eigenvalue weighted by molar-refractivity contribution is 7.90. The summed E-state index contributed by atoms with van der Waals surface area (Å²) < 4.78 is 35.6. The van der Waals surface area contributed by atoms with Gasteiger partial charge in [0.25, 0.3) is 5.91 Å². The first kappa shape index (κ1) is 33.1. The predicted octanol–water partition coefficient (Wildman–Crippen LogP) is 4.97. The zero-order valence-corrected chi connectivity index (χ0v) is 28.6. The van der Waals surface area contributed by atoms with Crippen LogP contribution in [0.25, 0.3) is 0 Å². The van der Waals surface area contributed by atoms with Crippen molar-refractivity contribution in [2.45, 2.75) is 88.3 Å². The maximum absolute atomic E-state index is 13.5. The first-order valence-corrected chi connectivity index (χ1v) is 18.6. The predicted molar refractivity (Wildman–Crippen MR) is 179 cm³/mol. The fourth-order valence-electron chi connectivity index (χ4n) is 8.54. The molecule has 2 aliphatic carbocycles. The molecule has 3 N–H and O–H groups in total. The number of fused-ring (bicyclic) bond motifs is 4. The first-order chi connectivity index (χ1) is 21.9. The summed E-state index contributed by atoms with van der Waals surface area (Å²) in [5.74, 6) is -0.223. The van der Waals surface area contributed by atoms with E-state index in [9.17, 15) is 23.1 Å². The number of rotatable bonds is 2. The van der Waals surface area contributed by atoms with Crippen molar-refractivity contribution in [3.8, 4) is 5.75 Å². The molecule has 0 unspecified atom stereocenters. The maximum Gasteiger partial charge on any atom is 0.264 e. The van der Waals surface area contributed by atoms with Crippen molar-refractivity contribution < 1.29 is 27.9 Å². The van der Waals surface area contributed by atoms with Gasteiger partial charge in [-0.05, 0) is 111 Å². The third kappa shape index (κ3) is 6.13. The second-order valence-electron chi connectivity index (χ2n) is 14.3. The summed E-state index contributed by atoms with van der Waals surface area (Å²) in [7, 11) is -3.97. The van der Waals surface area contributed by atoms with E-state index in [0.29, 0.717) is 49.7 Å². The molecule has 6 rings (SSSR count). The van der Waals surface area contributed by atoms with E-state index in [4.69, 9.17) is 16.3 Å². The molecule has 2 aromatic rings. The number of aryl methyl sites for hydroxylation is 1. The van der Waals surface area contributed by atoms with Crippen LogP contribution in [0, 0.1) is 17.8 Å². The average molecular weight is 672 g/mol. The largest absolute Gasteiger partial charge is 0.490 e. The Kier molecular flexibility index (Phi) is 9.10. The van der Waals surface area contributed by atoms with E-state index in [1.54, 1.807) is 25.1 Å². The van der Waals surface area contributed by atoms with Crippen molar-refractivity contribution in [3.63, 3.8) is 0 Å². The molecule has 250 valence electrons. The van der Waals surface area contributed by atoms with Crippen molar-refractivity contribution >= 4 is 39.1 Å². The molecule has 4 aliphatic rings. The molecule has 2 heterocycles.